The van der Waals surface area contributed by atoms with Gasteiger partial charge in [-0.25, -0.2) is 27.7 Å². The van der Waals surface area contributed by atoms with Crippen LogP contribution in [-0.2, 0) is 10.0 Å². The van der Waals surface area contributed by atoms with Gasteiger partial charge in [0.05, 0.1) is 16.3 Å². The van der Waals surface area contributed by atoms with Gasteiger partial charge in [-0.1, -0.05) is 30.3 Å². The average Bonchev–Trinajstić information content (AvgIpc) is 2.99. The van der Waals surface area contributed by atoms with Gasteiger partial charge in [-0.2, -0.15) is 4.68 Å². The first-order valence-corrected chi connectivity index (χ1v) is 9.36. The highest BCUT2D eigenvalue weighted by atomic mass is 32.2. The fourth-order valence-electron chi connectivity index (χ4n) is 2.69. The number of hydrogen-bond donors (Lipinski definition) is 2. The van der Waals surface area contributed by atoms with Gasteiger partial charge < -0.3 is 5.73 Å². The SMILES string of the molecule is Nc1nc(-c2ccc(S(N)(=O)=O)cc2)cn2c(=O)n(-c3ccccc3)nc12. The largest absolute Gasteiger partial charge is 0.381 e. The van der Waals surface area contributed by atoms with Gasteiger partial charge in [-0.3, -0.25) is 0 Å². The van der Waals surface area contributed by atoms with E-state index in [-0.39, 0.29) is 16.4 Å². The second-order valence-electron chi connectivity index (χ2n) is 5.80. The van der Waals surface area contributed by atoms with Crippen molar-refractivity contribution in [3.63, 3.8) is 0 Å². The molecule has 0 spiro atoms. The average molecular weight is 382 g/mol. The molecule has 2 heterocycles. The third-order valence-electron chi connectivity index (χ3n) is 4.01. The number of hydrogen-bond acceptors (Lipinski definition) is 6. The summed E-state index contributed by atoms with van der Waals surface area (Å²) in [4.78, 5) is 17.0. The molecule has 0 bridgehead atoms. The van der Waals surface area contributed by atoms with E-state index >= 15 is 0 Å². The molecule has 4 rings (SSSR count). The maximum absolute atomic E-state index is 12.7. The van der Waals surface area contributed by atoms with Gasteiger partial charge in [0.1, 0.15) is 0 Å². The van der Waals surface area contributed by atoms with Crippen LogP contribution in [0.2, 0.25) is 0 Å². The van der Waals surface area contributed by atoms with Crippen molar-refractivity contribution in [2.24, 2.45) is 5.14 Å². The Balaban J connectivity index is 1.87. The monoisotopic (exact) mass is 382 g/mol. The standard InChI is InChI=1S/C17H14N6O3S/c18-15-16-21-23(12-4-2-1-3-5-12)17(24)22(16)10-14(20-15)11-6-8-13(9-7-11)27(19,25)26/h1-10H,(H2,18,20)(H2,19,25,26). The summed E-state index contributed by atoms with van der Waals surface area (Å²) in [6.07, 6.45) is 1.51. The predicted octanol–water partition coefficient (Wildman–Crippen LogP) is 0.777. The Morgan fingerprint density at radius 2 is 1.63 bits per heavy atom. The van der Waals surface area contributed by atoms with Crippen LogP contribution >= 0.6 is 0 Å². The molecule has 0 saturated heterocycles. The highest BCUT2D eigenvalue weighted by molar-refractivity contribution is 7.89. The summed E-state index contributed by atoms with van der Waals surface area (Å²) in [7, 11) is -3.79. The first-order valence-electron chi connectivity index (χ1n) is 7.81. The zero-order valence-electron chi connectivity index (χ0n) is 13.9. The molecule has 0 aliphatic carbocycles. The maximum atomic E-state index is 12.7. The van der Waals surface area contributed by atoms with Crippen molar-refractivity contribution in [3.05, 3.63) is 71.3 Å². The third kappa shape index (κ3) is 2.96. The molecule has 2 aromatic heterocycles. The van der Waals surface area contributed by atoms with Crippen LogP contribution in [0.25, 0.3) is 22.6 Å². The van der Waals surface area contributed by atoms with Gasteiger partial charge in [0.2, 0.25) is 15.7 Å². The molecule has 27 heavy (non-hydrogen) atoms. The lowest BCUT2D eigenvalue weighted by molar-refractivity contribution is 0.598. The van der Waals surface area contributed by atoms with Gasteiger partial charge in [0.15, 0.2) is 5.82 Å². The molecule has 0 radical (unpaired) electrons. The fraction of sp³-hybridized carbons (Fsp3) is 0. The molecule has 0 saturated carbocycles. The number of nitrogen functional groups attached to an aromatic ring is 1. The van der Waals surface area contributed by atoms with Crippen molar-refractivity contribution >= 4 is 21.5 Å². The van der Waals surface area contributed by atoms with Gasteiger partial charge in [-0.15, -0.1) is 5.10 Å². The minimum Gasteiger partial charge on any atom is -0.381 e. The second kappa shape index (κ2) is 6.04. The third-order valence-corrected chi connectivity index (χ3v) is 4.94. The first kappa shape index (κ1) is 16.9. The summed E-state index contributed by atoms with van der Waals surface area (Å²) in [5.41, 5.74) is 7.41. The lowest BCUT2D eigenvalue weighted by Gasteiger charge is -2.04. The maximum Gasteiger partial charge on any atom is 0.355 e. The van der Waals surface area contributed by atoms with Crippen LogP contribution in [0.4, 0.5) is 5.82 Å². The van der Waals surface area contributed by atoms with Crippen molar-refractivity contribution in [2.75, 3.05) is 5.73 Å². The Labute approximate surface area is 153 Å². The zero-order valence-corrected chi connectivity index (χ0v) is 14.7. The molecular formula is C17H14N6O3S. The quantitative estimate of drug-likeness (QED) is 0.537. The van der Waals surface area contributed by atoms with E-state index in [2.05, 4.69) is 10.1 Å². The summed E-state index contributed by atoms with van der Waals surface area (Å²) in [6.45, 7) is 0. The molecular weight excluding hydrogens is 368 g/mol. The number of anilines is 1. The number of aromatic nitrogens is 4. The minimum atomic E-state index is -3.79. The van der Waals surface area contributed by atoms with E-state index in [4.69, 9.17) is 10.9 Å². The van der Waals surface area contributed by atoms with Gasteiger partial charge >= 0.3 is 5.69 Å². The van der Waals surface area contributed by atoms with E-state index in [1.807, 2.05) is 6.07 Å². The van der Waals surface area contributed by atoms with E-state index in [1.165, 1.54) is 27.4 Å². The molecule has 0 aliphatic rings. The van der Waals surface area contributed by atoms with Crippen LogP contribution in [0.3, 0.4) is 0 Å². The molecule has 10 heteroatoms. The van der Waals surface area contributed by atoms with Gasteiger partial charge in [0.25, 0.3) is 0 Å². The van der Waals surface area contributed by atoms with Crippen LogP contribution in [0.5, 0.6) is 0 Å². The normalized spacial score (nSPS) is 11.7. The second-order valence-corrected chi connectivity index (χ2v) is 7.37. The highest BCUT2D eigenvalue weighted by Crippen LogP contribution is 2.21. The fourth-order valence-corrected chi connectivity index (χ4v) is 3.21. The van der Waals surface area contributed by atoms with E-state index in [0.717, 1.165) is 0 Å². The van der Waals surface area contributed by atoms with E-state index in [1.54, 1.807) is 36.4 Å². The number of rotatable bonds is 3. The lowest BCUT2D eigenvalue weighted by Crippen LogP contribution is -2.19. The zero-order chi connectivity index (χ0) is 19.2. The summed E-state index contributed by atoms with van der Waals surface area (Å²) >= 11 is 0. The molecule has 136 valence electrons. The molecule has 0 atom stereocenters. The lowest BCUT2D eigenvalue weighted by atomic mass is 10.2. The summed E-state index contributed by atoms with van der Waals surface area (Å²) in [5, 5.41) is 9.35. The number of nitrogens with two attached hydrogens (primary N) is 2. The number of primary sulfonamides is 1. The number of fused-ring (bicyclic) bond motifs is 1. The molecule has 4 aromatic rings. The molecule has 0 amide bonds. The van der Waals surface area contributed by atoms with Crippen LogP contribution in [0.15, 0.2) is 70.5 Å². The van der Waals surface area contributed by atoms with Gasteiger partial charge in [-0.05, 0) is 24.3 Å². The van der Waals surface area contributed by atoms with Crippen LogP contribution in [-0.4, -0.2) is 27.6 Å². The van der Waals surface area contributed by atoms with E-state index < -0.39 is 15.7 Å². The Morgan fingerprint density at radius 1 is 0.963 bits per heavy atom. The van der Waals surface area contributed by atoms with Crippen molar-refractivity contribution in [1.29, 1.82) is 0 Å². The molecule has 4 N–H and O–H groups in total. The molecule has 2 aromatic carbocycles. The topological polar surface area (TPSA) is 138 Å². The Hall–Kier alpha value is -3.50. The Kier molecular flexibility index (Phi) is 3.79. The molecule has 0 aliphatic heterocycles. The molecule has 0 unspecified atom stereocenters. The highest BCUT2D eigenvalue weighted by Gasteiger charge is 2.15. The van der Waals surface area contributed by atoms with Crippen molar-refractivity contribution in [2.45, 2.75) is 4.90 Å². The molecule has 0 fully saturated rings. The van der Waals surface area contributed by atoms with Crippen LogP contribution in [0, 0.1) is 0 Å². The van der Waals surface area contributed by atoms with E-state index in [9.17, 15) is 13.2 Å². The van der Waals surface area contributed by atoms with E-state index in [0.29, 0.717) is 16.9 Å². The smallest absolute Gasteiger partial charge is 0.355 e. The summed E-state index contributed by atoms with van der Waals surface area (Å²) in [5.74, 6) is 0.0785. The van der Waals surface area contributed by atoms with Crippen molar-refractivity contribution in [1.82, 2.24) is 19.2 Å². The van der Waals surface area contributed by atoms with Crippen molar-refractivity contribution in [3.8, 4) is 16.9 Å². The summed E-state index contributed by atoms with van der Waals surface area (Å²) < 4.78 is 25.3. The predicted molar refractivity (Wildman–Crippen MR) is 99.8 cm³/mol. The van der Waals surface area contributed by atoms with Crippen LogP contribution in [0.1, 0.15) is 0 Å². The first-order chi connectivity index (χ1) is 12.8. The molecule has 9 nitrogen and oxygen atoms in total. The number of benzene rings is 2. The van der Waals surface area contributed by atoms with Crippen molar-refractivity contribution < 1.29 is 8.42 Å². The van der Waals surface area contributed by atoms with Crippen LogP contribution < -0.4 is 16.6 Å². The number of nitrogens with zero attached hydrogens (tertiary/aromatic N) is 4. The Bertz CT molecular complexity index is 1310. The minimum absolute atomic E-state index is 0.0191. The summed E-state index contributed by atoms with van der Waals surface area (Å²) in [6, 6.07) is 14.8. The van der Waals surface area contributed by atoms with Gasteiger partial charge in [0, 0.05) is 11.8 Å². The Morgan fingerprint density at radius 3 is 2.26 bits per heavy atom. The number of sulfonamides is 1. The number of para-hydroxylation sites is 1.